The number of nitrogens with one attached hydrogen (secondary N) is 1. The Balaban J connectivity index is 1.56. The molecule has 0 spiro atoms. The topological polar surface area (TPSA) is 77.1 Å². The second-order valence-corrected chi connectivity index (χ2v) is 5.33. The number of carbonyl (C=O) groups excluding carboxylic acids is 1. The van der Waals surface area contributed by atoms with E-state index in [1.54, 1.807) is 0 Å². The molecule has 1 aliphatic rings. The van der Waals surface area contributed by atoms with E-state index in [-0.39, 0.29) is 18.0 Å². The molecule has 0 saturated carbocycles. The normalized spacial score (nSPS) is 15.9. The molecule has 1 aromatic heterocycles. The Bertz CT molecular complexity index is 736. The molecule has 0 saturated heterocycles. The van der Waals surface area contributed by atoms with Gasteiger partial charge in [-0.25, -0.2) is 0 Å². The first-order valence-electron chi connectivity index (χ1n) is 6.94. The first-order valence-corrected chi connectivity index (χ1v) is 6.94. The standard InChI is InChI=1S/C16H17N3O2/c17-13-5-6-16(21)19(9-13)10-15(20)18-8-12-7-11-3-1-2-4-14(11)12/h1-6,9,12H,7-8,10,17H2,(H,18,20). The van der Waals surface area contributed by atoms with Crippen LogP contribution in [0, 0.1) is 0 Å². The fraction of sp³-hybridized carbons (Fsp3) is 0.250. The maximum absolute atomic E-state index is 11.9. The molecule has 3 N–H and O–H groups in total. The quantitative estimate of drug-likeness (QED) is 0.874. The first-order chi connectivity index (χ1) is 10.1. The highest BCUT2D eigenvalue weighted by molar-refractivity contribution is 5.76. The number of fused-ring (bicyclic) bond motifs is 1. The number of aromatic nitrogens is 1. The highest BCUT2D eigenvalue weighted by Gasteiger charge is 2.25. The lowest BCUT2D eigenvalue weighted by Crippen LogP contribution is -2.36. The Morgan fingerprint density at radius 3 is 2.90 bits per heavy atom. The average Bonchev–Trinajstić information content (AvgIpc) is 2.44. The van der Waals surface area contributed by atoms with Crippen LogP contribution in [0.4, 0.5) is 5.69 Å². The number of amides is 1. The van der Waals surface area contributed by atoms with Gasteiger partial charge in [-0.05, 0) is 23.6 Å². The van der Waals surface area contributed by atoms with Crippen molar-refractivity contribution in [2.45, 2.75) is 18.9 Å². The molecule has 1 atom stereocenters. The molecule has 5 nitrogen and oxygen atoms in total. The van der Waals surface area contributed by atoms with Gasteiger partial charge in [-0.2, -0.15) is 0 Å². The lowest BCUT2D eigenvalue weighted by molar-refractivity contribution is -0.121. The van der Waals surface area contributed by atoms with Gasteiger partial charge in [0.15, 0.2) is 0 Å². The van der Waals surface area contributed by atoms with Crippen LogP contribution in [0.2, 0.25) is 0 Å². The van der Waals surface area contributed by atoms with E-state index in [0.29, 0.717) is 18.2 Å². The van der Waals surface area contributed by atoms with E-state index >= 15 is 0 Å². The molecule has 1 aliphatic carbocycles. The van der Waals surface area contributed by atoms with Gasteiger partial charge in [0.2, 0.25) is 5.91 Å². The molecule has 1 heterocycles. The van der Waals surface area contributed by atoms with Gasteiger partial charge >= 0.3 is 0 Å². The van der Waals surface area contributed by atoms with E-state index in [4.69, 9.17) is 5.73 Å². The van der Waals surface area contributed by atoms with E-state index in [9.17, 15) is 9.59 Å². The molecular weight excluding hydrogens is 266 g/mol. The zero-order valence-corrected chi connectivity index (χ0v) is 11.6. The van der Waals surface area contributed by atoms with Gasteiger partial charge < -0.3 is 15.6 Å². The van der Waals surface area contributed by atoms with Crippen LogP contribution in [0.15, 0.2) is 47.4 Å². The summed E-state index contributed by atoms with van der Waals surface area (Å²) in [5.41, 5.74) is 8.51. The largest absolute Gasteiger partial charge is 0.398 e. The van der Waals surface area contributed by atoms with Crippen LogP contribution in [0.25, 0.3) is 0 Å². The van der Waals surface area contributed by atoms with Gasteiger partial charge in [0.05, 0.1) is 0 Å². The van der Waals surface area contributed by atoms with Crippen molar-refractivity contribution in [1.29, 1.82) is 0 Å². The van der Waals surface area contributed by atoms with E-state index in [2.05, 4.69) is 17.4 Å². The predicted molar refractivity (Wildman–Crippen MR) is 81.0 cm³/mol. The van der Waals surface area contributed by atoms with Gasteiger partial charge in [0, 0.05) is 30.4 Å². The molecule has 5 heteroatoms. The molecule has 0 aliphatic heterocycles. The van der Waals surface area contributed by atoms with Gasteiger partial charge in [0.25, 0.3) is 5.56 Å². The predicted octanol–water partition coefficient (Wildman–Crippen LogP) is 0.887. The number of anilines is 1. The third kappa shape index (κ3) is 2.81. The minimum Gasteiger partial charge on any atom is -0.398 e. The molecule has 1 amide bonds. The van der Waals surface area contributed by atoms with Gasteiger partial charge in [-0.3, -0.25) is 9.59 Å². The molecule has 108 valence electrons. The number of nitrogen functional groups attached to an aromatic ring is 1. The molecule has 0 bridgehead atoms. The minimum atomic E-state index is -0.228. The fourth-order valence-electron chi connectivity index (χ4n) is 2.67. The van der Waals surface area contributed by atoms with Gasteiger partial charge in [-0.15, -0.1) is 0 Å². The van der Waals surface area contributed by atoms with Crippen molar-refractivity contribution in [1.82, 2.24) is 9.88 Å². The van der Waals surface area contributed by atoms with Crippen LogP contribution in [0.5, 0.6) is 0 Å². The summed E-state index contributed by atoms with van der Waals surface area (Å²) in [4.78, 5) is 23.5. The van der Waals surface area contributed by atoms with E-state index in [1.807, 2.05) is 12.1 Å². The molecule has 2 aromatic rings. The van der Waals surface area contributed by atoms with Crippen LogP contribution >= 0.6 is 0 Å². The van der Waals surface area contributed by atoms with Crippen molar-refractivity contribution in [3.8, 4) is 0 Å². The summed E-state index contributed by atoms with van der Waals surface area (Å²) >= 11 is 0. The Kier molecular flexibility index (Phi) is 3.48. The summed E-state index contributed by atoms with van der Waals surface area (Å²) in [5.74, 6) is 0.204. The number of carbonyl (C=O) groups is 1. The summed E-state index contributed by atoms with van der Waals surface area (Å²) in [6.07, 6.45) is 2.48. The number of rotatable bonds is 4. The summed E-state index contributed by atoms with van der Waals surface area (Å²) in [6, 6.07) is 11.1. The second kappa shape index (κ2) is 5.44. The van der Waals surface area contributed by atoms with Crippen LogP contribution in [0.1, 0.15) is 17.0 Å². The van der Waals surface area contributed by atoms with Crippen LogP contribution < -0.4 is 16.6 Å². The van der Waals surface area contributed by atoms with Crippen molar-refractivity contribution in [3.05, 3.63) is 64.1 Å². The number of pyridine rings is 1. The van der Waals surface area contributed by atoms with Crippen LogP contribution in [-0.4, -0.2) is 17.0 Å². The van der Waals surface area contributed by atoms with E-state index in [0.717, 1.165) is 6.42 Å². The highest BCUT2D eigenvalue weighted by Crippen LogP contribution is 2.33. The molecule has 3 rings (SSSR count). The van der Waals surface area contributed by atoms with Crippen molar-refractivity contribution >= 4 is 11.6 Å². The van der Waals surface area contributed by atoms with E-state index in [1.165, 1.54) is 34.0 Å². The third-order valence-corrected chi connectivity index (χ3v) is 3.83. The van der Waals surface area contributed by atoms with Gasteiger partial charge in [-0.1, -0.05) is 24.3 Å². The summed E-state index contributed by atoms with van der Waals surface area (Å²) in [5, 5.41) is 2.88. The van der Waals surface area contributed by atoms with Crippen molar-refractivity contribution < 1.29 is 4.79 Å². The first kappa shape index (κ1) is 13.4. The SMILES string of the molecule is Nc1ccc(=O)n(CC(=O)NCC2Cc3ccccc32)c1. The van der Waals surface area contributed by atoms with Crippen LogP contribution in [0.3, 0.4) is 0 Å². The minimum absolute atomic E-state index is 0.00175. The molecule has 1 aromatic carbocycles. The number of nitrogens with zero attached hydrogens (tertiary/aromatic N) is 1. The van der Waals surface area contributed by atoms with E-state index < -0.39 is 0 Å². The Hall–Kier alpha value is -2.56. The van der Waals surface area contributed by atoms with Crippen LogP contribution in [-0.2, 0) is 17.8 Å². The summed E-state index contributed by atoms with van der Waals surface area (Å²) in [6.45, 7) is 0.602. The van der Waals surface area contributed by atoms with Crippen molar-refractivity contribution in [2.24, 2.45) is 0 Å². The monoisotopic (exact) mass is 283 g/mol. The zero-order chi connectivity index (χ0) is 14.8. The molecule has 1 unspecified atom stereocenters. The van der Waals surface area contributed by atoms with Gasteiger partial charge in [0.1, 0.15) is 6.54 Å². The fourth-order valence-corrected chi connectivity index (χ4v) is 2.67. The molecule has 0 fully saturated rings. The number of hydrogen-bond donors (Lipinski definition) is 2. The lowest BCUT2D eigenvalue weighted by Gasteiger charge is -2.30. The number of hydrogen-bond acceptors (Lipinski definition) is 3. The summed E-state index contributed by atoms with van der Waals surface area (Å²) in [7, 11) is 0. The second-order valence-electron chi connectivity index (χ2n) is 5.33. The highest BCUT2D eigenvalue weighted by atomic mass is 16.2. The van der Waals surface area contributed by atoms with Crippen molar-refractivity contribution in [3.63, 3.8) is 0 Å². The maximum Gasteiger partial charge on any atom is 0.251 e. The van der Waals surface area contributed by atoms with Crippen molar-refractivity contribution in [2.75, 3.05) is 12.3 Å². The Labute approximate surface area is 122 Å². The molecular formula is C16H17N3O2. The maximum atomic E-state index is 11.9. The number of benzene rings is 1. The molecule has 21 heavy (non-hydrogen) atoms. The lowest BCUT2D eigenvalue weighted by atomic mass is 9.77. The Morgan fingerprint density at radius 2 is 2.10 bits per heavy atom. The molecule has 0 radical (unpaired) electrons. The third-order valence-electron chi connectivity index (χ3n) is 3.83. The summed E-state index contributed by atoms with van der Waals surface area (Å²) < 4.78 is 1.32. The smallest absolute Gasteiger partial charge is 0.251 e. The average molecular weight is 283 g/mol. The zero-order valence-electron chi connectivity index (χ0n) is 11.6. The number of nitrogens with two attached hydrogens (primary N) is 1. The Morgan fingerprint density at radius 1 is 1.29 bits per heavy atom.